The maximum absolute atomic E-state index is 12.8. The number of benzene rings is 3. The molecule has 0 fully saturated rings. The predicted octanol–water partition coefficient (Wildman–Crippen LogP) is 7.47. The Morgan fingerprint density at radius 1 is 0.938 bits per heavy atom. The Hall–Kier alpha value is -3.00. The lowest BCUT2D eigenvalue weighted by molar-refractivity contribution is -0.140. The van der Waals surface area contributed by atoms with Crippen LogP contribution in [0.2, 0.25) is 0 Å². The maximum Gasteiger partial charge on any atom is 0.416 e. The van der Waals surface area contributed by atoms with E-state index in [2.05, 4.69) is 20.7 Å². The molecule has 0 aromatic heterocycles. The van der Waals surface area contributed by atoms with Crippen LogP contribution < -0.4 is 9.47 Å². The van der Waals surface area contributed by atoms with Crippen LogP contribution in [0.4, 0.5) is 13.2 Å². The van der Waals surface area contributed by atoms with Gasteiger partial charge in [0.1, 0.15) is 23.0 Å². The Morgan fingerprint density at radius 3 is 2.25 bits per heavy atom. The molecule has 0 bridgehead atoms. The molecule has 0 unspecified atom stereocenters. The molecule has 0 heterocycles. The van der Waals surface area contributed by atoms with Gasteiger partial charge in [-0.2, -0.15) is 13.2 Å². The van der Waals surface area contributed by atoms with Crippen LogP contribution in [-0.2, 0) is 22.1 Å². The highest BCUT2D eigenvalue weighted by atomic mass is 79.9. The van der Waals surface area contributed by atoms with Crippen LogP contribution in [0.5, 0.6) is 23.0 Å². The summed E-state index contributed by atoms with van der Waals surface area (Å²) in [5.41, 5.74) is 1.23. The molecule has 0 atom stereocenters. The summed E-state index contributed by atoms with van der Waals surface area (Å²) in [6.07, 6.45) is -3.55. The topological polar surface area (TPSA) is 44.8 Å². The zero-order chi connectivity index (χ0) is 23.3. The molecule has 3 rings (SSSR count). The van der Waals surface area contributed by atoms with Gasteiger partial charge in [-0.3, -0.25) is 4.79 Å². The number of esters is 1. The number of carbonyl (C=O) groups excluding carboxylic acids is 1. The van der Waals surface area contributed by atoms with Crippen molar-refractivity contribution in [1.29, 1.82) is 0 Å². The molecule has 3 aromatic rings. The Balaban J connectivity index is 1.70. The summed E-state index contributed by atoms with van der Waals surface area (Å²) in [5, 5.41) is 0. The minimum absolute atomic E-state index is 0.191. The first-order chi connectivity index (χ1) is 15.2. The van der Waals surface area contributed by atoms with Crippen LogP contribution in [0, 0.1) is 6.92 Å². The zero-order valence-electron chi connectivity index (χ0n) is 17.3. The van der Waals surface area contributed by atoms with Crippen molar-refractivity contribution in [2.75, 3.05) is 7.11 Å². The predicted molar refractivity (Wildman–Crippen MR) is 117 cm³/mol. The van der Waals surface area contributed by atoms with Crippen LogP contribution in [0.15, 0.2) is 65.1 Å². The summed E-state index contributed by atoms with van der Waals surface area (Å²) in [4.78, 5) is 11.3. The first-order valence-electron chi connectivity index (χ1n) is 9.64. The number of hydrogen-bond donors (Lipinski definition) is 0. The number of aryl methyl sites for hydroxylation is 2. The van der Waals surface area contributed by atoms with E-state index in [1.54, 1.807) is 30.3 Å². The number of rotatable bonds is 7. The standard InChI is InChI=1S/C24H20BrF3O4/c1-15-12-20(9-6-16(15)7-11-23(29)30-2)31-18-4-3-5-19(14-18)32-22-10-8-17(13-21(22)25)24(26,27)28/h3-6,8-10,12-14H,7,11H2,1-2H3. The van der Waals surface area contributed by atoms with Crippen LogP contribution >= 0.6 is 15.9 Å². The van der Waals surface area contributed by atoms with E-state index in [1.165, 1.54) is 13.2 Å². The van der Waals surface area contributed by atoms with Crippen molar-refractivity contribution >= 4 is 21.9 Å². The summed E-state index contributed by atoms with van der Waals surface area (Å²) in [6, 6.07) is 15.6. The van der Waals surface area contributed by atoms with Crippen molar-refractivity contribution in [3.63, 3.8) is 0 Å². The summed E-state index contributed by atoms with van der Waals surface area (Å²) in [5.74, 6) is 1.51. The van der Waals surface area contributed by atoms with Gasteiger partial charge in [0.05, 0.1) is 17.1 Å². The molecular formula is C24H20BrF3O4. The van der Waals surface area contributed by atoms with E-state index < -0.39 is 11.7 Å². The third kappa shape index (κ3) is 6.26. The van der Waals surface area contributed by atoms with Crippen molar-refractivity contribution in [2.24, 2.45) is 0 Å². The van der Waals surface area contributed by atoms with Gasteiger partial charge in [0.2, 0.25) is 0 Å². The van der Waals surface area contributed by atoms with Crippen molar-refractivity contribution in [3.8, 4) is 23.0 Å². The second-order valence-electron chi connectivity index (χ2n) is 6.99. The molecule has 0 saturated carbocycles. The summed E-state index contributed by atoms with van der Waals surface area (Å²) in [6.45, 7) is 1.93. The van der Waals surface area contributed by atoms with Crippen molar-refractivity contribution in [2.45, 2.75) is 25.9 Å². The quantitative estimate of drug-likeness (QED) is 0.310. The van der Waals surface area contributed by atoms with Gasteiger partial charge in [0, 0.05) is 12.5 Å². The van der Waals surface area contributed by atoms with E-state index in [9.17, 15) is 18.0 Å². The molecule has 0 radical (unpaired) electrons. The normalized spacial score (nSPS) is 11.2. The largest absolute Gasteiger partial charge is 0.469 e. The SMILES string of the molecule is COC(=O)CCc1ccc(Oc2cccc(Oc3ccc(C(F)(F)F)cc3Br)c2)cc1C. The lowest BCUT2D eigenvalue weighted by atomic mass is 10.0. The Morgan fingerprint density at radius 2 is 1.62 bits per heavy atom. The van der Waals surface area contributed by atoms with E-state index in [1.807, 2.05) is 19.1 Å². The van der Waals surface area contributed by atoms with E-state index in [0.29, 0.717) is 30.1 Å². The maximum atomic E-state index is 12.8. The molecule has 0 aliphatic carbocycles. The number of methoxy groups -OCH3 is 1. The number of carbonyl (C=O) groups is 1. The van der Waals surface area contributed by atoms with Crippen LogP contribution in [0.3, 0.4) is 0 Å². The van der Waals surface area contributed by atoms with Crippen LogP contribution in [-0.4, -0.2) is 13.1 Å². The third-order valence-corrected chi connectivity index (χ3v) is 5.29. The Kier molecular flexibility index (Phi) is 7.45. The highest BCUT2D eigenvalue weighted by Crippen LogP contribution is 2.37. The molecule has 3 aromatic carbocycles. The lowest BCUT2D eigenvalue weighted by Gasteiger charge is -2.13. The lowest BCUT2D eigenvalue weighted by Crippen LogP contribution is -2.04. The average molecular weight is 509 g/mol. The molecule has 4 nitrogen and oxygen atoms in total. The van der Waals surface area contributed by atoms with Crippen molar-refractivity contribution in [1.82, 2.24) is 0 Å². The number of ether oxygens (including phenoxy) is 3. The number of halogens is 4. The highest BCUT2D eigenvalue weighted by Gasteiger charge is 2.31. The molecule has 32 heavy (non-hydrogen) atoms. The van der Waals surface area contributed by atoms with Gasteiger partial charge < -0.3 is 14.2 Å². The molecule has 0 saturated heterocycles. The van der Waals surface area contributed by atoms with Crippen molar-refractivity contribution < 1.29 is 32.2 Å². The smallest absolute Gasteiger partial charge is 0.416 e. The van der Waals surface area contributed by atoms with Crippen LogP contribution in [0.25, 0.3) is 0 Å². The molecule has 168 valence electrons. The van der Waals surface area contributed by atoms with Gasteiger partial charge in [-0.25, -0.2) is 0 Å². The second kappa shape index (κ2) is 10.1. The average Bonchev–Trinajstić information content (AvgIpc) is 2.74. The molecule has 0 N–H and O–H groups in total. The molecule has 0 aliphatic rings. The zero-order valence-corrected chi connectivity index (χ0v) is 18.9. The van der Waals surface area contributed by atoms with Gasteiger partial charge in [-0.15, -0.1) is 0 Å². The minimum Gasteiger partial charge on any atom is -0.469 e. The van der Waals surface area contributed by atoms with Gasteiger partial charge in [0.15, 0.2) is 0 Å². The third-order valence-electron chi connectivity index (χ3n) is 4.67. The number of hydrogen-bond acceptors (Lipinski definition) is 4. The monoisotopic (exact) mass is 508 g/mol. The van der Waals surface area contributed by atoms with E-state index in [0.717, 1.165) is 23.3 Å². The Bertz CT molecular complexity index is 1110. The second-order valence-corrected chi connectivity index (χ2v) is 7.84. The Labute approximate surface area is 192 Å². The first-order valence-corrected chi connectivity index (χ1v) is 10.4. The van der Waals surface area contributed by atoms with E-state index in [-0.39, 0.29) is 16.2 Å². The van der Waals surface area contributed by atoms with Gasteiger partial charge in [-0.05, 0) is 82.9 Å². The van der Waals surface area contributed by atoms with Gasteiger partial charge >= 0.3 is 12.1 Å². The highest BCUT2D eigenvalue weighted by molar-refractivity contribution is 9.10. The fourth-order valence-electron chi connectivity index (χ4n) is 2.98. The molecule has 0 spiro atoms. The number of alkyl halides is 3. The summed E-state index contributed by atoms with van der Waals surface area (Å²) >= 11 is 3.13. The van der Waals surface area contributed by atoms with Gasteiger partial charge in [-0.1, -0.05) is 12.1 Å². The summed E-state index contributed by atoms with van der Waals surface area (Å²) in [7, 11) is 1.36. The minimum atomic E-state index is -4.43. The van der Waals surface area contributed by atoms with E-state index in [4.69, 9.17) is 9.47 Å². The molecular weight excluding hydrogens is 489 g/mol. The molecule has 8 heteroatoms. The molecule has 0 amide bonds. The molecule has 0 aliphatic heterocycles. The van der Waals surface area contributed by atoms with Crippen LogP contribution in [0.1, 0.15) is 23.1 Å². The summed E-state index contributed by atoms with van der Waals surface area (Å²) < 4.78 is 55.0. The van der Waals surface area contributed by atoms with Crippen molar-refractivity contribution in [3.05, 3.63) is 81.8 Å². The van der Waals surface area contributed by atoms with E-state index >= 15 is 0 Å². The van der Waals surface area contributed by atoms with Gasteiger partial charge in [0.25, 0.3) is 0 Å². The fraction of sp³-hybridized carbons (Fsp3) is 0.208. The first kappa shape index (κ1) is 23.7. The fourth-order valence-corrected chi connectivity index (χ4v) is 3.44.